The monoisotopic (exact) mass is 229 g/mol. The lowest BCUT2D eigenvalue weighted by Crippen LogP contribution is -2.34. The van der Waals surface area contributed by atoms with Crippen LogP contribution in [0.15, 0.2) is 16.7 Å². The van der Waals surface area contributed by atoms with E-state index in [9.17, 15) is 0 Å². The number of rotatable bonds is 7. The number of furan rings is 1. The number of aliphatic hydroxyl groups is 1. The number of aliphatic hydroxyl groups excluding tert-OH is 1. The van der Waals surface area contributed by atoms with Crippen molar-refractivity contribution in [1.29, 1.82) is 0 Å². The van der Waals surface area contributed by atoms with Crippen molar-refractivity contribution >= 4 is 11.8 Å². The maximum atomic E-state index is 9.07. The van der Waals surface area contributed by atoms with Crippen LogP contribution in [-0.4, -0.2) is 30.1 Å². The van der Waals surface area contributed by atoms with E-state index in [0.717, 1.165) is 23.8 Å². The van der Waals surface area contributed by atoms with Crippen LogP contribution >= 0.6 is 11.8 Å². The van der Waals surface area contributed by atoms with Crippen molar-refractivity contribution in [1.82, 2.24) is 5.32 Å². The summed E-state index contributed by atoms with van der Waals surface area (Å²) in [5.41, 5.74) is 1.20. The highest BCUT2D eigenvalue weighted by molar-refractivity contribution is 7.98. The first kappa shape index (κ1) is 12.6. The Morgan fingerprint density at radius 1 is 1.60 bits per heavy atom. The van der Waals surface area contributed by atoms with E-state index in [4.69, 9.17) is 9.52 Å². The van der Waals surface area contributed by atoms with Gasteiger partial charge < -0.3 is 14.8 Å². The van der Waals surface area contributed by atoms with E-state index in [1.165, 1.54) is 5.56 Å². The highest BCUT2D eigenvalue weighted by atomic mass is 32.2. The summed E-state index contributed by atoms with van der Waals surface area (Å²) in [4.78, 5) is 0. The molecule has 1 unspecified atom stereocenters. The molecule has 1 rings (SSSR count). The van der Waals surface area contributed by atoms with Gasteiger partial charge in [-0.05, 0) is 25.1 Å². The SMILES string of the molecule is CCNC(CO)CSCc1occc1C. The van der Waals surface area contributed by atoms with Crippen molar-refractivity contribution in [2.75, 3.05) is 18.9 Å². The molecule has 0 radical (unpaired) electrons. The molecule has 1 aromatic heterocycles. The minimum Gasteiger partial charge on any atom is -0.468 e. The summed E-state index contributed by atoms with van der Waals surface area (Å²) in [6.45, 7) is 5.18. The third kappa shape index (κ3) is 4.28. The van der Waals surface area contributed by atoms with Gasteiger partial charge in [0, 0.05) is 11.8 Å². The van der Waals surface area contributed by atoms with E-state index in [-0.39, 0.29) is 12.6 Å². The van der Waals surface area contributed by atoms with Crippen molar-refractivity contribution in [3.8, 4) is 0 Å². The zero-order valence-corrected chi connectivity index (χ0v) is 10.1. The van der Waals surface area contributed by atoms with Crippen LogP contribution in [0, 0.1) is 6.92 Å². The Balaban J connectivity index is 2.23. The van der Waals surface area contributed by atoms with Gasteiger partial charge in [0.25, 0.3) is 0 Å². The van der Waals surface area contributed by atoms with Crippen LogP contribution in [0.2, 0.25) is 0 Å². The molecule has 1 aromatic rings. The van der Waals surface area contributed by atoms with Crippen molar-refractivity contribution in [2.45, 2.75) is 25.6 Å². The smallest absolute Gasteiger partial charge is 0.116 e. The first-order valence-corrected chi connectivity index (χ1v) is 6.38. The van der Waals surface area contributed by atoms with Crippen LogP contribution in [0.25, 0.3) is 0 Å². The topological polar surface area (TPSA) is 45.4 Å². The van der Waals surface area contributed by atoms with Crippen molar-refractivity contribution < 1.29 is 9.52 Å². The van der Waals surface area contributed by atoms with Gasteiger partial charge in [-0.3, -0.25) is 0 Å². The summed E-state index contributed by atoms with van der Waals surface area (Å²) in [7, 11) is 0. The van der Waals surface area contributed by atoms with Crippen LogP contribution in [-0.2, 0) is 5.75 Å². The molecule has 0 aromatic carbocycles. The fraction of sp³-hybridized carbons (Fsp3) is 0.636. The largest absolute Gasteiger partial charge is 0.468 e. The van der Waals surface area contributed by atoms with Crippen molar-refractivity contribution in [3.05, 3.63) is 23.7 Å². The minimum absolute atomic E-state index is 0.190. The minimum atomic E-state index is 0.190. The number of likely N-dealkylation sites (N-methyl/N-ethyl adjacent to an activating group) is 1. The fourth-order valence-electron chi connectivity index (χ4n) is 1.31. The molecule has 0 amide bonds. The van der Waals surface area contributed by atoms with Gasteiger partial charge in [0.15, 0.2) is 0 Å². The molecule has 0 aliphatic rings. The molecule has 0 aliphatic carbocycles. The third-order valence-corrected chi connectivity index (χ3v) is 3.34. The third-order valence-electron chi connectivity index (χ3n) is 2.23. The summed E-state index contributed by atoms with van der Waals surface area (Å²) in [5.74, 6) is 2.82. The lowest BCUT2D eigenvalue weighted by atomic mass is 10.3. The predicted octanol–water partition coefficient (Wildman–Crippen LogP) is 1.79. The van der Waals surface area contributed by atoms with Crippen LogP contribution in [0.1, 0.15) is 18.2 Å². The van der Waals surface area contributed by atoms with Crippen molar-refractivity contribution in [3.63, 3.8) is 0 Å². The zero-order chi connectivity index (χ0) is 11.1. The predicted molar refractivity (Wildman–Crippen MR) is 64.2 cm³/mol. The summed E-state index contributed by atoms with van der Waals surface area (Å²) in [6.07, 6.45) is 1.72. The van der Waals surface area contributed by atoms with Crippen LogP contribution in [0.3, 0.4) is 0 Å². The van der Waals surface area contributed by atoms with E-state index in [1.54, 1.807) is 18.0 Å². The summed E-state index contributed by atoms with van der Waals surface area (Å²) in [5, 5.41) is 12.3. The van der Waals surface area contributed by atoms with Gasteiger partial charge >= 0.3 is 0 Å². The van der Waals surface area contributed by atoms with Gasteiger partial charge in [-0.15, -0.1) is 0 Å². The van der Waals surface area contributed by atoms with Crippen LogP contribution in [0.5, 0.6) is 0 Å². The Morgan fingerprint density at radius 3 is 2.93 bits per heavy atom. The normalized spacial score (nSPS) is 13.0. The molecule has 4 heteroatoms. The quantitative estimate of drug-likeness (QED) is 0.748. The van der Waals surface area contributed by atoms with Gasteiger partial charge in [0.2, 0.25) is 0 Å². The van der Waals surface area contributed by atoms with Crippen LogP contribution in [0.4, 0.5) is 0 Å². The zero-order valence-electron chi connectivity index (χ0n) is 9.32. The van der Waals surface area contributed by atoms with Gasteiger partial charge in [-0.1, -0.05) is 6.92 Å². The Bertz CT molecular complexity index is 275. The lowest BCUT2D eigenvalue weighted by Gasteiger charge is -2.13. The molecular weight excluding hydrogens is 210 g/mol. The standard InChI is InChI=1S/C11H19NO2S/c1-3-12-10(6-13)7-15-8-11-9(2)4-5-14-11/h4-5,10,12-13H,3,6-8H2,1-2H3. The first-order chi connectivity index (χ1) is 7.27. The number of thioether (sulfide) groups is 1. The van der Waals surface area contributed by atoms with Gasteiger partial charge in [0.05, 0.1) is 18.6 Å². The fourth-order valence-corrected chi connectivity index (χ4v) is 2.42. The molecule has 0 bridgehead atoms. The van der Waals surface area contributed by atoms with Gasteiger partial charge in [0.1, 0.15) is 5.76 Å². The summed E-state index contributed by atoms with van der Waals surface area (Å²) >= 11 is 1.78. The molecule has 1 heterocycles. The Morgan fingerprint density at radius 2 is 2.40 bits per heavy atom. The molecule has 0 spiro atoms. The van der Waals surface area contributed by atoms with E-state index in [0.29, 0.717) is 0 Å². The van der Waals surface area contributed by atoms with Crippen molar-refractivity contribution in [2.24, 2.45) is 0 Å². The van der Waals surface area contributed by atoms with E-state index in [2.05, 4.69) is 5.32 Å². The first-order valence-electron chi connectivity index (χ1n) is 5.22. The number of nitrogens with one attached hydrogen (secondary N) is 1. The Hall–Kier alpha value is -0.450. The average molecular weight is 229 g/mol. The lowest BCUT2D eigenvalue weighted by molar-refractivity contribution is 0.255. The second kappa shape index (κ2) is 6.93. The second-order valence-electron chi connectivity index (χ2n) is 3.48. The second-order valence-corrected chi connectivity index (χ2v) is 4.51. The molecule has 1 atom stereocenters. The molecule has 2 N–H and O–H groups in total. The van der Waals surface area contributed by atoms with Gasteiger partial charge in [-0.2, -0.15) is 11.8 Å². The molecule has 0 aliphatic heterocycles. The van der Waals surface area contributed by atoms with E-state index < -0.39 is 0 Å². The molecule has 0 saturated heterocycles. The number of aryl methyl sites for hydroxylation is 1. The molecule has 86 valence electrons. The molecular formula is C11H19NO2S. The summed E-state index contributed by atoms with van der Waals surface area (Å²) in [6, 6.07) is 2.17. The Kier molecular flexibility index (Phi) is 5.83. The van der Waals surface area contributed by atoms with Crippen LogP contribution < -0.4 is 5.32 Å². The molecule has 0 saturated carbocycles. The number of hydrogen-bond acceptors (Lipinski definition) is 4. The maximum Gasteiger partial charge on any atom is 0.116 e. The van der Waals surface area contributed by atoms with E-state index >= 15 is 0 Å². The maximum absolute atomic E-state index is 9.07. The molecule has 15 heavy (non-hydrogen) atoms. The Labute approximate surface area is 95.2 Å². The average Bonchev–Trinajstić information content (AvgIpc) is 2.63. The van der Waals surface area contributed by atoms with E-state index in [1.807, 2.05) is 19.9 Å². The van der Waals surface area contributed by atoms with Gasteiger partial charge in [-0.25, -0.2) is 0 Å². The highest BCUT2D eigenvalue weighted by Gasteiger charge is 2.07. The number of hydrogen-bond donors (Lipinski definition) is 2. The molecule has 3 nitrogen and oxygen atoms in total. The molecule has 0 fully saturated rings. The summed E-state index contributed by atoms with van der Waals surface area (Å²) < 4.78 is 5.34. The highest BCUT2D eigenvalue weighted by Crippen LogP contribution is 2.17.